The second kappa shape index (κ2) is 4.53. The number of benzene rings is 1. The molecule has 0 spiro atoms. The van der Waals surface area contributed by atoms with E-state index in [1.54, 1.807) is 0 Å². The fourth-order valence-corrected chi connectivity index (χ4v) is 2.91. The topological polar surface area (TPSA) is 33.2 Å². The number of anilines is 1. The maximum Gasteiger partial charge on any atom is 0.186 e. The number of rotatable bonds is 4. The van der Waals surface area contributed by atoms with Crippen molar-refractivity contribution in [2.45, 2.75) is 18.9 Å². The largest absolute Gasteiger partial charge is 0.348 e. The summed E-state index contributed by atoms with van der Waals surface area (Å²) in [6, 6.07) is 10.5. The summed E-state index contributed by atoms with van der Waals surface area (Å²) < 4.78 is 0. The first kappa shape index (κ1) is 11.4. The van der Waals surface area contributed by atoms with Crippen LogP contribution in [-0.4, -0.2) is 24.4 Å². The van der Waals surface area contributed by atoms with Crippen LogP contribution < -0.4 is 4.90 Å². The first-order valence-corrected chi connectivity index (χ1v) is 6.85. The summed E-state index contributed by atoms with van der Waals surface area (Å²) in [4.78, 5) is 18.7. The van der Waals surface area contributed by atoms with Gasteiger partial charge in [-0.3, -0.25) is 4.79 Å². The molecular formula is C14H14N2OS. The Morgan fingerprint density at radius 3 is 2.67 bits per heavy atom. The molecule has 1 heterocycles. The summed E-state index contributed by atoms with van der Waals surface area (Å²) in [5.41, 5.74) is 1.81. The highest BCUT2D eigenvalue weighted by Gasteiger charge is 2.29. The standard InChI is InChI=1S/C14H14N2OS/c1-16(11-7-8-11)14-15-13(12(9-17)18-14)10-5-3-2-4-6-10/h2-6,9,11H,7-8H2,1H3. The van der Waals surface area contributed by atoms with E-state index in [-0.39, 0.29) is 0 Å². The fourth-order valence-electron chi connectivity index (χ4n) is 1.97. The Labute approximate surface area is 110 Å². The van der Waals surface area contributed by atoms with Gasteiger partial charge in [0.15, 0.2) is 11.4 Å². The minimum Gasteiger partial charge on any atom is -0.348 e. The molecule has 0 N–H and O–H groups in total. The lowest BCUT2D eigenvalue weighted by Gasteiger charge is -2.13. The molecule has 0 atom stereocenters. The monoisotopic (exact) mass is 258 g/mol. The van der Waals surface area contributed by atoms with Crippen molar-refractivity contribution >= 4 is 22.8 Å². The molecule has 1 aliphatic rings. The first-order chi connectivity index (χ1) is 8.79. The van der Waals surface area contributed by atoms with Crippen LogP contribution in [0.25, 0.3) is 11.3 Å². The van der Waals surface area contributed by atoms with Crippen LogP contribution >= 0.6 is 11.3 Å². The maximum absolute atomic E-state index is 11.2. The van der Waals surface area contributed by atoms with Crippen molar-refractivity contribution in [2.75, 3.05) is 11.9 Å². The quantitative estimate of drug-likeness (QED) is 0.789. The van der Waals surface area contributed by atoms with Crippen molar-refractivity contribution in [3.05, 3.63) is 35.2 Å². The highest BCUT2D eigenvalue weighted by Crippen LogP contribution is 2.36. The number of aldehydes is 1. The number of aromatic nitrogens is 1. The van der Waals surface area contributed by atoms with Crippen molar-refractivity contribution < 1.29 is 4.79 Å². The van der Waals surface area contributed by atoms with E-state index < -0.39 is 0 Å². The molecule has 3 nitrogen and oxygen atoms in total. The van der Waals surface area contributed by atoms with Gasteiger partial charge in [-0.2, -0.15) is 0 Å². The fraction of sp³-hybridized carbons (Fsp3) is 0.286. The second-order valence-corrected chi connectivity index (χ2v) is 5.54. The molecule has 1 aromatic heterocycles. The number of nitrogens with zero attached hydrogens (tertiary/aromatic N) is 2. The third-order valence-corrected chi connectivity index (χ3v) is 4.26. The normalized spacial score (nSPS) is 14.5. The molecule has 1 saturated carbocycles. The van der Waals surface area contributed by atoms with E-state index in [0.717, 1.165) is 22.7 Å². The molecule has 2 aromatic rings. The van der Waals surface area contributed by atoms with Crippen LogP contribution in [0.4, 0.5) is 5.13 Å². The summed E-state index contributed by atoms with van der Waals surface area (Å²) in [5.74, 6) is 0. The summed E-state index contributed by atoms with van der Waals surface area (Å²) >= 11 is 1.48. The molecule has 3 rings (SSSR count). The Hall–Kier alpha value is -1.68. The van der Waals surface area contributed by atoms with Gasteiger partial charge in [-0.05, 0) is 12.8 Å². The van der Waals surface area contributed by atoms with Crippen LogP contribution in [0.2, 0.25) is 0 Å². The SMILES string of the molecule is CN(c1nc(-c2ccccc2)c(C=O)s1)C1CC1. The molecule has 0 amide bonds. The molecular weight excluding hydrogens is 244 g/mol. The molecule has 0 radical (unpaired) electrons. The van der Waals surface area contributed by atoms with Gasteiger partial charge >= 0.3 is 0 Å². The highest BCUT2D eigenvalue weighted by atomic mass is 32.1. The van der Waals surface area contributed by atoms with Crippen LogP contribution in [0.1, 0.15) is 22.5 Å². The zero-order chi connectivity index (χ0) is 12.5. The Bertz CT molecular complexity index is 560. The second-order valence-electron chi connectivity index (χ2n) is 4.54. The molecule has 0 aliphatic heterocycles. The predicted octanol–water partition coefficient (Wildman–Crippen LogP) is 3.22. The van der Waals surface area contributed by atoms with Crippen LogP contribution in [0.5, 0.6) is 0 Å². The number of hydrogen-bond donors (Lipinski definition) is 0. The zero-order valence-corrected chi connectivity index (χ0v) is 11.0. The number of thiazole rings is 1. The van der Waals surface area contributed by atoms with Gasteiger partial charge in [0.05, 0.1) is 10.6 Å². The highest BCUT2D eigenvalue weighted by molar-refractivity contribution is 7.17. The molecule has 18 heavy (non-hydrogen) atoms. The third-order valence-electron chi connectivity index (χ3n) is 3.19. The van der Waals surface area contributed by atoms with Gasteiger partial charge in [0, 0.05) is 18.7 Å². The third kappa shape index (κ3) is 2.04. The maximum atomic E-state index is 11.2. The van der Waals surface area contributed by atoms with E-state index in [9.17, 15) is 4.79 Å². The Balaban J connectivity index is 2.01. The van der Waals surface area contributed by atoms with Crippen molar-refractivity contribution in [3.8, 4) is 11.3 Å². The average molecular weight is 258 g/mol. The van der Waals surface area contributed by atoms with Gasteiger partial charge in [0.25, 0.3) is 0 Å². The summed E-state index contributed by atoms with van der Waals surface area (Å²) in [6.45, 7) is 0. The summed E-state index contributed by atoms with van der Waals surface area (Å²) in [6.07, 6.45) is 3.37. The summed E-state index contributed by atoms with van der Waals surface area (Å²) in [5, 5.41) is 0.943. The van der Waals surface area contributed by atoms with Gasteiger partial charge in [0.1, 0.15) is 0 Å². The van der Waals surface area contributed by atoms with Crippen molar-refractivity contribution in [1.82, 2.24) is 4.98 Å². The van der Waals surface area contributed by atoms with E-state index in [1.807, 2.05) is 30.3 Å². The summed E-state index contributed by atoms with van der Waals surface area (Å²) in [7, 11) is 2.06. The van der Waals surface area contributed by atoms with E-state index >= 15 is 0 Å². The minimum atomic E-state index is 0.610. The van der Waals surface area contributed by atoms with Gasteiger partial charge in [-0.15, -0.1) is 0 Å². The lowest BCUT2D eigenvalue weighted by molar-refractivity contribution is 0.112. The Kier molecular flexibility index (Phi) is 2.88. The molecule has 0 saturated heterocycles. The molecule has 1 aliphatic carbocycles. The number of carbonyl (C=O) groups excluding carboxylic acids is 1. The Morgan fingerprint density at radius 1 is 1.33 bits per heavy atom. The predicted molar refractivity (Wildman–Crippen MR) is 74.4 cm³/mol. The van der Waals surface area contributed by atoms with E-state index in [1.165, 1.54) is 24.2 Å². The van der Waals surface area contributed by atoms with Gasteiger partial charge in [0.2, 0.25) is 0 Å². The molecule has 0 unspecified atom stereocenters. The molecule has 92 valence electrons. The van der Waals surface area contributed by atoms with Gasteiger partial charge < -0.3 is 4.90 Å². The van der Waals surface area contributed by atoms with E-state index in [4.69, 9.17) is 0 Å². The average Bonchev–Trinajstić information content (AvgIpc) is 3.17. The van der Waals surface area contributed by atoms with Crippen molar-refractivity contribution in [1.29, 1.82) is 0 Å². The number of hydrogen-bond acceptors (Lipinski definition) is 4. The first-order valence-electron chi connectivity index (χ1n) is 6.04. The molecule has 4 heteroatoms. The van der Waals surface area contributed by atoms with Gasteiger partial charge in [-0.1, -0.05) is 41.7 Å². The minimum absolute atomic E-state index is 0.610. The Morgan fingerprint density at radius 2 is 2.06 bits per heavy atom. The zero-order valence-electron chi connectivity index (χ0n) is 10.2. The van der Waals surface area contributed by atoms with Crippen LogP contribution in [0, 0.1) is 0 Å². The van der Waals surface area contributed by atoms with Crippen LogP contribution in [-0.2, 0) is 0 Å². The van der Waals surface area contributed by atoms with Gasteiger partial charge in [-0.25, -0.2) is 4.98 Å². The van der Waals surface area contributed by atoms with Crippen molar-refractivity contribution in [2.24, 2.45) is 0 Å². The smallest absolute Gasteiger partial charge is 0.186 e. The molecule has 1 aromatic carbocycles. The molecule has 0 bridgehead atoms. The lowest BCUT2D eigenvalue weighted by atomic mass is 10.1. The lowest BCUT2D eigenvalue weighted by Crippen LogP contribution is -2.18. The van der Waals surface area contributed by atoms with E-state index in [0.29, 0.717) is 10.9 Å². The molecule has 1 fully saturated rings. The van der Waals surface area contributed by atoms with Crippen molar-refractivity contribution in [3.63, 3.8) is 0 Å². The van der Waals surface area contributed by atoms with E-state index in [2.05, 4.69) is 16.9 Å². The number of carbonyl (C=O) groups is 1. The van der Waals surface area contributed by atoms with Crippen LogP contribution in [0.3, 0.4) is 0 Å². The van der Waals surface area contributed by atoms with Crippen LogP contribution in [0.15, 0.2) is 30.3 Å².